The van der Waals surface area contributed by atoms with Gasteiger partial charge in [-0.2, -0.15) is 0 Å². The lowest BCUT2D eigenvalue weighted by molar-refractivity contribution is -0.116. The predicted octanol–water partition coefficient (Wildman–Crippen LogP) is 3.91. The number of nitrogens with one attached hydrogen (secondary N) is 1. The van der Waals surface area contributed by atoms with Gasteiger partial charge in [0.05, 0.1) is 12.1 Å². The molecule has 0 radical (unpaired) electrons. The Bertz CT molecular complexity index is 1670. The summed E-state index contributed by atoms with van der Waals surface area (Å²) in [5.41, 5.74) is 1.49. The molecule has 5 rings (SSSR count). The number of nitrogens with zero attached hydrogens (tertiary/aromatic N) is 3. The van der Waals surface area contributed by atoms with Gasteiger partial charge in [0.15, 0.2) is 0 Å². The van der Waals surface area contributed by atoms with Gasteiger partial charge in [0.1, 0.15) is 21.9 Å². The molecule has 9 heteroatoms. The topological polar surface area (TPSA) is 86.0 Å². The molecule has 3 heterocycles. The highest BCUT2D eigenvalue weighted by Crippen LogP contribution is 2.29. The van der Waals surface area contributed by atoms with Gasteiger partial charge in [0.2, 0.25) is 5.91 Å². The average Bonchev–Trinajstić information content (AvgIpc) is 3.20. The first-order valence-corrected chi connectivity index (χ1v) is 11.3. The summed E-state index contributed by atoms with van der Waals surface area (Å²) < 4.78 is 16.1. The fourth-order valence-corrected chi connectivity index (χ4v) is 5.00. The lowest BCUT2D eigenvalue weighted by Gasteiger charge is -2.13. The van der Waals surface area contributed by atoms with Gasteiger partial charge in [0.25, 0.3) is 5.56 Å². The molecule has 2 aromatic carbocycles. The van der Waals surface area contributed by atoms with Crippen LogP contribution in [-0.2, 0) is 17.9 Å². The normalized spacial score (nSPS) is 11.2. The van der Waals surface area contributed by atoms with E-state index >= 15 is 0 Å². The Morgan fingerprint density at radius 2 is 1.85 bits per heavy atom. The SMILES string of the molecule is Cc1cccc(NC(=O)Cn2c(=O)n(Cc3ccc(F)cc3)c(=O)c3sc4ncccc4c32)c1. The fourth-order valence-electron chi connectivity index (χ4n) is 3.91. The van der Waals surface area contributed by atoms with Crippen molar-refractivity contribution in [1.82, 2.24) is 14.1 Å². The third-order valence-corrected chi connectivity index (χ3v) is 6.56. The van der Waals surface area contributed by atoms with Gasteiger partial charge in [-0.05, 0) is 54.4 Å². The lowest BCUT2D eigenvalue weighted by Crippen LogP contribution is -2.41. The minimum Gasteiger partial charge on any atom is -0.325 e. The van der Waals surface area contributed by atoms with Crippen LogP contribution in [0.2, 0.25) is 0 Å². The molecule has 0 bridgehead atoms. The first-order chi connectivity index (χ1) is 16.4. The number of hydrogen-bond donors (Lipinski definition) is 1. The summed E-state index contributed by atoms with van der Waals surface area (Å²) in [5.74, 6) is -0.809. The minimum atomic E-state index is -0.621. The van der Waals surface area contributed by atoms with Crippen molar-refractivity contribution in [3.05, 3.63) is 105 Å². The Hall–Kier alpha value is -4.11. The van der Waals surface area contributed by atoms with E-state index < -0.39 is 23.0 Å². The van der Waals surface area contributed by atoms with Crippen molar-refractivity contribution in [2.75, 3.05) is 5.32 Å². The maximum absolute atomic E-state index is 13.5. The highest BCUT2D eigenvalue weighted by molar-refractivity contribution is 7.25. The van der Waals surface area contributed by atoms with Gasteiger partial charge in [0, 0.05) is 17.3 Å². The monoisotopic (exact) mass is 474 g/mol. The highest BCUT2D eigenvalue weighted by Gasteiger charge is 2.20. The van der Waals surface area contributed by atoms with E-state index in [1.54, 1.807) is 24.4 Å². The zero-order valence-corrected chi connectivity index (χ0v) is 18.9. The molecule has 34 heavy (non-hydrogen) atoms. The van der Waals surface area contributed by atoms with E-state index in [-0.39, 0.29) is 13.1 Å². The van der Waals surface area contributed by atoms with Gasteiger partial charge in [-0.15, -0.1) is 11.3 Å². The molecule has 7 nitrogen and oxygen atoms in total. The van der Waals surface area contributed by atoms with Crippen LogP contribution in [0.1, 0.15) is 11.1 Å². The number of pyridine rings is 1. The van der Waals surface area contributed by atoms with Gasteiger partial charge < -0.3 is 5.32 Å². The Balaban J connectivity index is 1.65. The molecule has 0 aliphatic rings. The van der Waals surface area contributed by atoms with Crippen LogP contribution in [-0.4, -0.2) is 20.0 Å². The van der Waals surface area contributed by atoms with E-state index in [9.17, 15) is 18.8 Å². The zero-order valence-electron chi connectivity index (χ0n) is 18.1. The van der Waals surface area contributed by atoms with E-state index in [1.165, 1.54) is 40.2 Å². The van der Waals surface area contributed by atoms with Crippen LogP contribution in [0.15, 0.2) is 76.4 Å². The maximum Gasteiger partial charge on any atom is 0.332 e. The Morgan fingerprint density at radius 1 is 1.06 bits per heavy atom. The fraction of sp³-hybridized carbons (Fsp3) is 0.120. The molecule has 0 saturated carbocycles. The third kappa shape index (κ3) is 4.01. The minimum absolute atomic E-state index is 0.0466. The number of halogens is 1. The van der Waals surface area contributed by atoms with Crippen LogP contribution < -0.4 is 16.6 Å². The van der Waals surface area contributed by atoms with Crippen LogP contribution >= 0.6 is 11.3 Å². The predicted molar refractivity (Wildman–Crippen MR) is 131 cm³/mol. The molecular weight excluding hydrogens is 455 g/mol. The van der Waals surface area contributed by atoms with Crippen molar-refractivity contribution in [2.45, 2.75) is 20.0 Å². The first kappa shape index (κ1) is 21.7. The van der Waals surface area contributed by atoms with Crippen molar-refractivity contribution in [3.8, 4) is 0 Å². The van der Waals surface area contributed by atoms with Crippen molar-refractivity contribution in [1.29, 1.82) is 0 Å². The summed E-state index contributed by atoms with van der Waals surface area (Å²) in [5, 5.41) is 3.45. The number of amides is 1. The number of aryl methyl sites for hydroxylation is 1. The zero-order chi connectivity index (χ0) is 23.8. The van der Waals surface area contributed by atoms with Gasteiger partial charge >= 0.3 is 5.69 Å². The standard InChI is InChI=1S/C25H19FN4O3S/c1-15-4-2-5-18(12-15)28-20(31)14-29-21-19-6-3-11-27-23(19)34-22(21)24(32)30(25(29)33)13-16-7-9-17(26)10-8-16/h2-12H,13-14H2,1H3,(H,28,31). The molecule has 0 aliphatic heterocycles. The summed E-state index contributed by atoms with van der Waals surface area (Å²) in [7, 11) is 0. The molecule has 1 N–H and O–H groups in total. The Kier molecular flexibility index (Phi) is 5.54. The average molecular weight is 475 g/mol. The molecule has 170 valence electrons. The molecular formula is C25H19FN4O3S. The smallest absolute Gasteiger partial charge is 0.325 e. The van der Waals surface area contributed by atoms with E-state index in [2.05, 4.69) is 10.3 Å². The molecule has 3 aromatic heterocycles. The third-order valence-electron chi connectivity index (χ3n) is 5.47. The molecule has 0 saturated heterocycles. The van der Waals surface area contributed by atoms with Crippen molar-refractivity contribution in [3.63, 3.8) is 0 Å². The van der Waals surface area contributed by atoms with E-state index in [0.717, 1.165) is 10.1 Å². The molecule has 0 fully saturated rings. The van der Waals surface area contributed by atoms with E-state index in [1.807, 2.05) is 25.1 Å². The number of carbonyl (C=O) groups is 1. The van der Waals surface area contributed by atoms with Crippen LogP contribution in [0, 0.1) is 12.7 Å². The van der Waals surface area contributed by atoms with Crippen molar-refractivity contribution < 1.29 is 9.18 Å². The van der Waals surface area contributed by atoms with E-state index in [0.29, 0.717) is 31.7 Å². The molecule has 0 atom stereocenters. The molecule has 5 aromatic rings. The maximum atomic E-state index is 13.5. The van der Waals surface area contributed by atoms with Gasteiger partial charge in [-0.25, -0.2) is 14.2 Å². The quantitative estimate of drug-likeness (QED) is 0.419. The largest absolute Gasteiger partial charge is 0.332 e. The number of carbonyl (C=O) groups excluding carboxylic acids is 1. The number of benzene rings is 2. The Morgan fingerprint density at radius 3 is 2.62 bits per heavy atom. The summed E-state index contributed by atoms with van der Waals surface area (Å²) in [6.07, 6.45) is 1.61. The van der Waals surface area contributed by atoms with Gasteiger partial charge in [-0.3, -0.25) is 18.7 Å². The van der Waals surface area contributed by atoms with Crippen molar-refractivity contribution in [2.24, 2.45) is 0 Å². The molecule has 0 aliphatic carbocycles. The second-order valence-corrected chi connectivity index (χ2v) is 8.94. The summed E-state index contributed by atoms with van der Waals surface area (Å²) in [6.45, 7) is 1.59. The first-order valence-electron chi connectivity index (χ1n) is 10.5. The second-order valence-electron chi connectivity index (χ2n) is 7.94. The number of thiophene rings is 1. The summed E-state index contributed by atoms with van der Waals surface area (Å²) in [6, 6.07) is 16.4. The Labute approximate surface area is 196 Å². The van der Waals surface area contributed by atoms with E-state index in [4.69, 9.17) is 0 Å². The number of fused-ring (bicyclic) bond motifs is 3. The van der Waals surface area contributed by atoms with Crippen LogP contribution in [0.25, 0.3) is 20.4 Å². The number of aromatic nitrogens is 3. The summed E-state index contributed by atoms with van der Waals surface area (Å²) in [4.78, 5) is 44.7. The summed E-state index contributed by atoms with van der Waals surface area (Å²) >= 11 is 1.18. The van der Waals surface area contributed by atoms with Crippen LogP contribution in [0.3, 0.4) is 0 Å². The number of anilines is 1. The van der Waals surface area contributed by atoms with Gasteiger partial charge in [-0.1, -0.05) is 24.3 Å². The second kappa shape index (κ2) is 8.68. The number of hydrogen-bond acceptors (Lipinski definition) is 5. The van der Waals surface area contributed by atoms with Crippen LogP contribution in [0.4, 0.5) is 10.1 Å². The highest BCUT2D eigenvalue weighted by atomic mass is 32.1. The number of rotatable bonds is 5. The van der Waals surface area contributed by atoms with Crippen LogP contribution in [0.5, 0.6) is 0 Å². The lowest BCUT2D eigenvalue weighted by atomic mass is 10.2. The molecule has 1 amide bonds. The molecule has 0 unspecified atom stereocenters. The van der Waals surface area contributed by atoms with Crippen molar-refractivity contribution >= 4 is 43.4 Å². The molecule has 0 spiro atoms.